The highest BCUT2D eigenvalue weighted by Gasteiger charge is 2.18. The largest absolute Gasteiger partial charge is 0.296 e. The van der Waals surface area contributed by atoms with E-state index in [2.05, 4.69) is 22.3 Å². The highest BCUT2D eigenvalue weighted by atomic mass is 32.1. The molecular formula is C21H20N4O2S. The van der Waals surface area contributed by atoms with E-state index < -0.39 is 0 Å². The van der Waals surface area contributed by atoms with Crippen molar-refractivity contribution in [3.05, 3.63) is 64.1 Å². The zero-order valence-electron chi connectivity index (χ0n) is 15.7. The highest BCUT2D eigenvalue weighted by molar-refractivity contribution is 7.22. The van der Waals surface area contributed by atoms with Crippen molar-refractivity contribution >= 4 is 43.4 Å². The van der Waals surface area contributed by atoms with Crippen LogP contribution in [0, 0.1) is 6.92 Å². The summed E-state index contributed by atoms with van der Waals surface area (Å²) in [5.41, 5.74) is 2.01. The number of hydrogen-bond donors (Lipinski definition) is 1. The summed E-state index contributed by atoms with van der Waals surface area (Å²) in [4.78, 5) is 30.2. The van der Waals surface area contributed by atoms with Crippen LogP contribution in [-0.4, -0.2) is 20.7 Å². The number of para-hydroxylation sites is 1. The van der Waals surface area contributed by atoms with Crippen molar-refractivity contribution in [1.82, 2.24) is 14.8 Å². The molecule has 4 rings (SSSR count). The van der Waals surface area contributed by atoms with Gasteiger partial charge in [-0.05, 0) is 31.0 Å². The van der Waals surface area contributed by atoms with Crippen LogP contribution in [0.25, 0.3) is 21.0 Å². The third kappa shape index (κ3) is 3.29. The van der Waals surface area contributed by atoms with E-state index in [1.165, 1.54) is 16.0 Å². The second-order valence-corrected chi connectivity index (χ2v) is 7.70. The third-order valence-corrected chi connectivity index (χ3v) is 5.58. The van der Waals surface area contributed by atoms with Crippen LogP contribution in [-0.2, 0) is 6.54 Å². The summed E-state index contributed by atoms with van der Waals surface area (Å²) in [6.45, 7) is 4.53. The Morgan fingerprint density at radius 1 is 1.14 bits per heavy atom. The van der Waals surface area contributed by atoms with E-state index in [0.29, 0.717) is 22.4 Å². The molecule has 0 saturated heterocycles. The number of aromatic nitrogens is 3. The van der Waals surface area contributed by atoms with Crippen LogP contribution in [0.3, 0.4) is 0 Å². The van der Waals surface area contributed by atoms with E-state index in [0.717, 1.165) is 28.6 Å². The predicted molar refractivity (Wildman–Crippen MR) is 113 cm³/mol. The molecular weight excluding hydrogens is 372 g/mol. The van der Waals surface area contributed by atoms with Crippen LogP contribution in [0.5, 0.6) is 0 Å². The minimum absolute atomic E-state index is 0.170. The minimum atomic E-state index is -0.363. The molecule has 2 aromatic carbocycles. The van der Waals surface area contributed by atoms with Crippen molar-refractivity contribution in [2.24, 2.45) is 0 Å². The van der Waals surface area contributed by atoms with Gasteiger partial charge in [0.25, 0.3) is 11.5 Å². The number of fused-ring (bicyclic) bond motifs is 2. The number of rotatable bonds is 5. The van der Waals surface area contributed by atoms with Gasteiger partial charge in [-0.15, -0.1) is 0 Å². The number of carbonyl (C=O) groups is 1. The summed E-state index contributed by atoms with van der Waals surface area (Å²) in [5, 5.41) is 8.80. The van der Waals surface area contributed by atoms with E-state index in [9.17, 15) is 9.59 Å². The van der Waals surface area contributed by atoms with Crippen LogP contribution in [0.15, 0.2) is 47.3 Å². The van der Waals surface area contributed by atoms with Gasteiger partial charge in [-0.2, -0.15) is 5.10 Å². The summed E-state index contributed by atoms with van der Waals surface area (Å²) in [6.07, 6.45) is 1.76. The molecule has 2 aromatic heterocycles. The van der Waals surface area contributed by atoms with E-state index in [1.54, 1.807) is 24.3 Å². The Kier molecular flexibility index (Phi) is 4.92. The Hall–Kier alpha value is -3.06. The van der Waals surface area contributed by atoms with E-state index in [-0.39, 0.29) is 17.2 Å². The maximum Gasteiger partial charge on any atom is 0.278 e. The number of hydrogen-bond acceptors (Lipinski definition) is 5. The van der Waals surface area contributed by atoms with Gasteiger partial charge in [0.05, 0.1) is 15.6 Å². The molecule has 0 fully saturated rings. The van der Waals surface area contributed by atoms with Crippen LogP contribution in [0.4, 0.5) is 5.13 Å². The normalized spacial score (nSPS) is 11.2. The lowest BCUT2D eigenvalue weighted by Gasteiger charge is -2.10. The van der Waals surface area contributed by atoms with Gasteiger partial charge < -0.3 is 0 Å². The van der Waals surface area contributed by atoms with Crippen LogP contribution in [0.1, 0.15) is 35.8 Å². The van der Waals surface area contributed by atoms with E-state index in [1.807, 2.05) is 25.1 Å². The Bertz CT molecular complexity index is 1240. The minimum Gasteiger partial charge on any atom is -0.296 e. The first kappa shape index (κ1) is 18.3. The van der Waals surface area contributed by atoms with Crippen molar-refractivity contribution < 1.29 is 4.79 Å². The number of amides is 1. The molecule has 0 radical (unpaired) electrons. The zero-order valence-corrected chi connectivity index (χ0v) is 16.5. The van der Waals surface area contributed by atoms with E-state index >= 15 is 0 Å². The number of carbonyl (C=O) groups excluding carboxylic acids is 1. The maximum atomic E-state index is 13.0. The zero-order chi connectivity index (χ0) is 19.7. The molecule has 7 heteroatoms. The van der Waals surface area contributed by atoms with Crippen molar-refractivity contribution in [3.8, 4) is 0 Å². The monoisotopic (exact) mass is 392 g/mol. The fourth-order valence-corrected chi connectivity index (χ4v) is 4.10. The first-order chi connectivity index (χ1) is 13.6. The van der Waals surface area contributed by atoms with Crippen molar-refractivity contribution in [1.29, 1.82) is 0 Å². The lowest BCUT2D eigenvalue weighted by atomic mass is 10.1. The van der Waals surface area contributed by atoms with Gasteiger partial charge in [0, 0.05) is 11.9 Å². The highest BCUT2D eigenvalue weighted by Crippen LogP contribution is 2.28. The summed E-state index contributed by atoms with van der Waals surface area (Å²) >= 11 is 1.42. The fraction of sp³-hybridized carbons (Fsp3) is 0.238. The van der Waals surface area contributed by atoms with Gasteiger partial charge in [0.15, 0.2) is 10.8 Å². The van der Waals surface area contributed by atoms with Gasteiger partial charge in [0.1, 0.15) is 0 Å². The predicted octanol–water partition coefficient (Wildman–Crippen LogP) is 4.37. The second-order valence-electron chi connectivity index (χ2n) is 6.67. The summed E-state index contributed by atoms with van der Waals surface area (Å²) in [5.74, 6) is -0.363. The van der Waals surface area contributed by atoms with Crippen LogP contribution < -0.4 is 10.9 Å². The van der Waals surface area contributed by atoms with Crippen molar-refractivity contribution in [2.75, 3.05) is 5.32 Å². The Morgan fingerprint density at radius 3 is 2.68 bits per heavy atom. The molecule has 0 aliphatic heterocycles. The Labute approximate surface area is 165 Å². The molecule has 0 aliphatic rings. The van der Waals surface area contributed by atoms with Crippen molar-refractivity contribution in [3.63, 3.8) is 0 Å². The van der Waals surface area contributed by atoms with Crippen LogP contribution >= 0.6 is 11.3 Å². The lowest BCUT2D eigenvalue weighted by Crippen LogP contribution is -2.27. The summed E-state index contributed by atoms with van der Waals surface area (Å²) in [7, 11) is 0. The smallest absolute Gasteiger partial charge is 0.278 e. The van der Waals surface area contributed by atoms with Gasteiger partial charge in [-0.25, -0.2) is 9.67 Å². The topological polar surface area (TPSA) is 76.9 Å². The number of nitrogens with zero attached hydrogens (tertiary/aromatic N) is 3. The SMILES string of the molecule is CCCCn1nc(C(=O)Nc2nc3c(C)cccc3s2)c2ccccc2c1=O. The summed E-state index contributed by atoms with van der Waals surface area (Å²) in [6, 6.07) is 13.0. The molecule has 0 saturated carbocycles. The molecule has 6 nitrogen and oxygen atoms in total. The second kappa shape index (κ2) is 7.52. The number of nitrogens with one attached hydrogen (secondary N) is 1. The maximum absolute atomic E-state index is 13.0. The fourth-order valence-electron chi connectivity index (χ4n) is 3.16. The van der Waals surface area contributed by atoms with Gasteiger partial charge in [0.2, 0.25) is 0 Å². The average molecular weight is 392 g/mol. The van der Waals surface area contributed by atoms with Crippen LogP contribution in [0.2, 0.25) is 0 Å². The standard InChI is InChI=1S/C21H20N4O2S/c1-3-4-12-25-20(27)15-10-6-5-9-14(15)18(24-25)19(26)23-21-22-17-13(2)8-7-11-16(17)28-21/h5-11H,3-4,12H2,1-2H3,(H,22,23,26). The Balaban J connectivity index is 1.76. The molecule has 4 aromatic rings. The number of thiazole rings is 1. The number of unbranched alkanes of at least 4 members (excludes halogenated alkanes) is 1. The average Bonchev–Trinajstić information content (AvgIpc) is 3.11. The number of anilines is 1. The van der Waals surface area contributed by atoms with Crippen molar-refractivity contribution in [2.45, 2.75) is 33.2 Å². The number of aryl methyl sites for hydroxylation is 2. The first-order valence-electron chi connectivity index (χ1n) is 9.26. The van der Waals surface area contributed by atoms with E-state index in [4.69, 9.17) is 0 Å². The Morgan fingerprint density at radius 2 is 1.93 bits per heavy atom. The molecule has 0 bridgehead atoms. The molecule has 0 unspecified atom stereocenters. The third-order valence-electron chi connectivity index (χ3n) is 4.65. The number of benzene rings is 2. The molecule has 28 heavy (non-hydrogen) atoms. The van der Waals surface area contributed by atoms with Gasteiger partial charge in [-0.3, -0.25) is 14.9 Å². The van der Waals surface area contributed by atoms with Gasteiger partial charge in [-0.1, -0.05) is 55.0 Å². The molecule has 0 spiro atoms. The molecule has 0 aliphatic carbocycles. The quantitative estimate of drug-likeness (QED) is 0.547. The molecule has 142 valence electrons. The molecule has 1 N–H and O–H groups in total. The first-order valence-corrected chi connectivity index (χ1v) is 10.1. The molecule has 1 amide bonds. The molecule has 0 atom stereocenters. The summed E-state index contributed by atoms with van der Waals surface area (Å²) < 4.78 is 2.41. The van der Waals surface area contributed by atoms with Gasteiger partial charge >= 0.3 is 0 Å². The molecule has 2 heterocycles. The lowest BCUT2D eigenvalue weighted by molar-refractivity contribution is 0.102.